The third kappa shape index (κ3) is 4.72. The van der Waals surface area contributed by atoms with Gasteiger partial charge in [0.2, 0.25) is 0 Å². The Kier molecular flexibility index (Phi) is 6.87. The van der Waals surface area contributed by atoms with Crippen LogP contribution in [0.2, 0.25) is 0 Å². The summed E-state index contributed by atoms with van der Waals surface area (Å²) < 4.78 is 66.4. The van der Waals surface area contributed by atoms with E-state index in [2.05, 4.69) is 0 Å². The first-order chi connectivity index (χ1) is 17.4. The number of aliphatic hydroxyl groups is 1. The molecule has 1 atom stereocenters. The van der Waals surface area contributed by atoms with Crippen molar-refractivity contribution in [3.63, 3.8) is 0 Å². The lowest BCUT2D eigenvalue weighted by atomic mass is 9.92. The minimum atomic E-state index is -4.65. The number of allylic oxidation sites excluding steroid dienone is 1. The zero-order chi connectivity index (χ0) is 27.1. The number of nitriles is 1. The van der Waals surface area contributed by atoms with Crippen LogP contribution in [0.4, 0.5) is 23.7 Å². The Bertz CT molecular complexity index is 1460. The number of benzene rings is 2. The molecule has 2 aromatic rings. The van der Waals surface area contributed by atoms with Crippen LogP contribution in [0.3, 0.4) is 0 Å². The number of anilines is 1. The third-order valence-corrected chi connectivity index (χ3v) is 8.25. The number of carbonyl (C=O) groups excluding carboxylic acids is 2. The number of Topliss-reactive ketones (excluding diaryl/α,β-unsaturated/α-hetero) is 1. The molecule has 0 fully saturated rings. The summed E-state index contributed by atoms with van der Waals surface area (Å²) in [6, 6.07) is 8.12. The van der Waals surface area contributed by atoms with Crippen LogP contribution in [0.5, 0.6) is 0 Å². The summed E-state index contributed by atoms with van der Waals surface area (Å²) in [5, 5.41) is 18.5. The molecule has 0 spiro atoms. The van der Waals surface area contributed by atoms with Crippen LogP contribution in [0.1, 0.15) is 42.0 Å². The number of ketones is 1. The summed E-state index contributed by atoms with van der Waals surface area (Å²) >= 11 is 0. The quantitative estimate of drug-likeness (QED) is 0.601. The average Bonchev–Trinajstić information content (AvgIpc) is 3.23. The predicted octanol–water partition coefficient (Wildman–Crippen LogP) is 3.96. The molecule has 2 aliphatic rings. The smallest absolute Gasteiger partial charge is 0.396 e. The predicted molar refractivity (Wildman–Crippen MR) is 126 cm³/mol. The highest BCUT2D eigenvalue weighted by Crippen LogP contribution is 2.46. The van der Waals surface area contributed by atoms with Gasteiger partial charge >= 0.3 is 12.2 Å². The second-order valence-electron chi connectivity index (χ2n) is 8.72. The fourth-order valence-electron chi connectivity index (χ4n) is 4.70. The van der Waals surface area contributed by atoms with Crippen molar-refractivity contribution in [3.8, 4) is 6.07 Å². The molecule has 12 heteroatoms. The van der Waals surface area contributed by atoms with Gasteiger partial charge in [-0.2, -0.15) is 18.4 Å². The molecule has 0 radical (unpaired) electrons. The van der Waals surface area contributed by atoms with Crippen LogP contribution in [-0.4, -0.2) is 49.6 Å². The van der Waals surface area contributed by atoms with E-state index in [0.717, 1.165) is 21.9 Å². The number of aliphatic hydroxyl groups excluding tert-OH is 1. The maximum atomic E-state index is 13.6. The van der Waals surface area contributed by atoms with Gasteiger partial charge in [-0.15, -0.1) is 0 Å². The molecule has 1 unspecified atom stereocenters. The largest absolute Gasteiger partial charge is 0.416 e. The van der Waals surface area contributed by atoms with E-state index in [1.54, 1.807) is 0 Å². The van der Waals surface area contributed by atoms with Crippen molar-refractivity contribution in [3.05, 3.63) is 70.4 Å². The molecule has 2 amide bonds. The number of hydrogen-bond acceptors (Lipinski definition) is 6. The number of alkyl halides is 3. The van der Waals surface area contributed by atoms with E-state index >= 15 is 0 Å². The number of hydrogen-bond donors (Lipinski definition) is 1. The summed E-state index contributed by atoms with van der Waals surface area (Å²) in [6.07, 6.45) is -4.62. The van der Waals surface area contributed by atoms with E-state index < -0.39 is 39.4 Å². The van der Waals surface area contributed by atoms with Crippen LogP contribution in [0.15, 0.2) is 58.6 Å². The van der Waals surface area contributed by atoms with E-state index in [1.807, 2.05) is 6.07 Å². The molecule has 0 aromatic heterocycles. The van der Waals surface area contributed by atoms with E-state index in [1.165, 1.54) is 37.4 Å². The first-order valence-corrected chi connectivity index (χ1v) is 12.9. The van der Waals surface area contributed by atoms with Gasteiger partial charge in [-0.05, 0) is 48.7 Å². The van der Waals surface area contributed by atoms with E-state index in [9.17, 15) is 36.4 Å². The Morgan fingerprint density at radius 3 is 2.51 bits per heavy atom. The summed E-state index contributed by atoms with van der Waals surface area (Å²) in [7, 11) is -2.69. The fraction of sp³-hybridized carbons (Fsp3) is 0.320. The van der Waals surface area contributed by atoms with Crippen molar-refractivity contribution in [2.45, 2.75) is 36.4 Å². The van der Waals surface area contributed by atoms with Crippen molar-refractivity contribution >= 4 is 27.3 Å². The van der Waals surface area contributed by atoms with Crippen LogP contribution in [0, 0.1) is 11.3 Å². The van der Waals surface area contributed by atoms with Crippen LogP contribution in [-0.2, 0) is 20.8 Å². The number of carbonyl (C=O) groups is 2. The van der Waals surface area contributed by atoms with E-state index in [4.69, 9.17) is 5.11 Å². The highest BCUT2D eigenvalue weighted by molar-refractivity contribution is 7.91. The van der Waals surface area contributed by atoms with Crippen LogP contribution >= 0.6 is 0 Å². The second kappa shape index (κ2) is 9.64. The Labute approximate surface area is 211 Å². The average molecular weight is 534 g/mol. The standard InChI is InChI=1S/C25H22F3N3O5S/c1-30-23(18-7-6-15(14-29)12-21(18)37(35,36)11-3-10-32)22-19(8-9-20(22)33)31(24(30)34)17-5-2-4-16(13-17)25(26,27)28/h2,4-7,12-13,23,32H,3,8-11H2,1H3. The molecule has 0 bridgehead atoms. The normalized spacial score (nSPS) is 18.3. The monoisotopic (exact) mass is 533 g/mol. The lowest BCUT2D eigenvalue weighted by Crippen LogP contribution is -2.48. The fourth-order valence-corrected chi connectivity index (χ4v) is 6.27. The third-order valence-electron chi connectivity index (χ3n) is 6.40. The maximum Gasteiger partial charge on any atom is 0.416 e. The Morgan fingerprint density at radius 1 is 1.14 bits per heavy atom. The van der Waals surface area contributed by atoms with Gasteiger partial charge in [0, 0.05) is 31.3 Å². The molecule has 4 rings (SSSR count). The molecule has 0 saturated heterocycles. The Morgan fingerprint density at radius 2 is 1.86 bits per heavy atom. The summed E-state index contributed by atoms with van der Waals surface area (Å²) in [5.41, 5.74) is -0.558. The summed E-state index contributed by atoms with van der Waals surface area (Å²) in [5.74, 6) is -0.786. The minimum absolute atomic E-state index is 0.000618. The van der Waals surface area contributed by atoms with Gasteiger partial charge < -0.3 is 10.0 Å². The van der Waals surface area contributed by atoms with Crippen molar-refractivity contribution in [1.29, 1.82) is 5.26 Å². The summed E-state index contributed by atoms with van der Waals surface area (Å²) in [6.45, 7) is -0.381. The number of halogens is 3. The van der Waals surface area contributed by atoms with Gasteiger partial charge in [0.1, 0.15) is 0 Å². The topological polar surface area (TPSA) is 119 Å². The lowest BCUT2D eigenvalue weighted by Gasteiger charge is -2.41. The molecule has 2 aromatic carbocycles. The first-order valence-electron chi connectivity index (χ1n) is 11.3. The molecule has 0 saturated carbocycles. The van der Waals surface area contributed by atoms with Gasteiger partial charge in [0.25, 0.3) is 0 Å². The van der Waals surface area contributed by atoms with Crippen LogP contribution < -0.4 is 4.90 Å². The lowest BCUT2D eigenvalue weighted by molar-refractivity contribution is -0.137. The zero-order valence-corrected chi connectivity index (χ0v) is 20.4. The Hall–Kier alpha value is -3.69. The number of amides is 2. The van der Waals surface area contributed by atoms with Gasteiger partial charge in [-0.3, -0.25) is 9.69 Å². The highest BCUT2D eigenvalue weighted by Gasteiger charge is 2.46. The maximum absolute atomic E-state index is 13.6. The molecule has 1 N–H and O–H groups in total. The zero-order valence-electron chi connectivity index (χ0n) is 19.6. The second-order valence-corrected chi connectivity index (χ2v) is 10.8. The van der Waals surface area contributed by atoms with Crippen molar-refractivity contribution in [2.24, 2.45) is 0 Å². The van der Waals surface area contributed by atoms with Gasteiger partial charge in [0.15, 0.2) is 15.6 Å². The number of rotatable bonds is 6. The van der Waals surface area contributed by atoms with Gasteiger partial charge in [-0.25, -0.2) is 13.2 Å². The minimum Gasteiger partial charge on any atom is -0.396 e. The first kappa shape index (κ1) is 26.4. The van der Waals surface area contributed by atoms with Gasteiger partial charge in [0.05, 0.1) is 39.6 Å². The van der Waals surface area contributed by atoms with E-state index in [0.29, 0.717) is 0 Å². The molecule has 194 valence electrons. The van der Waals surface area contributed by atoms with Crippen molar-refractivity contribution < 1.29 is 36.3 Å². The summed E-state index contributed by atoms with van der Waals surface area (Å²) in [4.78, 5) is 28.6. The van der Waals surface area contributed by atoms with Crippen LogP contribution in [0.25, 0.3) is 0 Å². The molecule has 37 heavy (non-hydrogen) atoms. The molecule has 1 aliphatic carbocycles. The van der Waals surface area contributed by atoms with Gasteiger partial charge in [-0.1, -0.05) is 12.1 Å². The van der Waals surface area contributed by atoms with E-state index in [-0.39, 0.29) is 64.6 Å². The number of nitrogens with zero attached hydrogens (tertiary/aromatic N) is 3. The van der Waals surface area contributed by atoms with Crippen molar-refractivity contribution in [1.82, 2.24) is 4.90 Å². The molecule has 8 nitrogen and oxygen atoms in total. The molecular weight excluding hydrogens is 511 g/mol. The number of sulfone groups is 1. The molecular formula is C25H22F3N3O5S. The number of urea groups is 1. The molecule has 1 aliphatic heterocycles. The number of likely N-dealkylation sites (N-methyl/N-ethyl adjacent to an activating group) is 1. The molecule has 1 heterocycles. The highest BCUT2D eigenvalue weighted by atomic mass is 32.2. The van der Waals surface area contributed by atoms with Crippen molar-refractivity contribution in [2.75, 3.05) is 24.3 Å². The Balaban J connectivity index is 1.92. The SMILES string of the molecule is CN1C(=O)N(c2cccc(C(F)(F)F)c2)C2=C(C(=O)CC2)C1c1ccc(C#N)cc1S(=O)(=O)CCCO.